The van der Waals surface area contributed by atoms with Crippen molar-refractivity contribution in [3.05, 3.63) is 23.8 Å². The minimum Gasteiger partial charge on any atom is -0.497 e. The number of benzene rings is 1. The Morgan fingerprint density at radius 3 is 2.71 bits per heavy atom. The van der Waals surface area contributed by atoms with Gasteiger partial charge < -0.3 is 14.4 Å². The monoisotopic (exact) mass is 299 g/mol. The van der Waals surface area contributed by atoms with Crippen molar-refractivity contribution >= 4 is 5.91 Å². The normalized spacial score (nSPS) is 18.3. The van der Waals surface area contributed by atoms with E-state index < -0.39 is 12.5 Å². The number of ether oxygens (including phenoxy) is 2. The Labute approximate surface area is 122 Å². The highest BCUT2D eigenvalue weighted by Crippen LogP contribution is 2.30. The van der Waals surface area contributed by atoms with Crippen LogP contribution >= 0.6 is 0 Å². The standard InChI is InChI=1S/C15H19F2NO3/c1-20-12-6-5-11(13(8-12)21-2)9-18-10-15(16,17)7-3-4-14(18)19/h5-6,8H,3-4,7,9-10H2,1-2H3. The number of hydrogen-bond donors (Lipinski definition) is 0. The lowest BCUT2D eigenvalue weighted by Gasteiger charge is -2.25. The Morgan fingerprint density at radius 2 is 2.05 bits per heavy atom. The van der Waals surface area contributed by atoms with E-state index in [2.05, 4.69) is 0 Å². The summed E-state index contributed by atoms with van der Waals surface area (Å²) in [6, 6.07) is 5.13. The summed E-state index contributed by atoms with van der Waals surface area (Å²) in [6.07, 6.45) is 0.144. The first-order valence-corrected chi connectivity index (χ1v) is 6.82. The molecule has 1 amide bonds. The molecule has 1 fully saturated rings. The molecule has 0 bridgehead atoms. The van der Waals surface area contributed by atoms with E-state index in [0.29, 0.717) is 17.1 Å². The summed E-state index contributed by atoms with van der Waals surface area (Å²) >= 11 is 0. The smallest absolute Gasteiger partial charge is 0.265 e. The van der Waals surface area contributed by atoms with Gasteiger partial charge in [-0.3, -0.25) is 4.79 Å². The van der Waals surface area contributed by atoms with Crippen molar-refractivity contribution in [1.29, 1.82) is 0 Å². The molecule has 1 aliphatic rings. The first-order valence-electron chi connectivity index (χ1n) is 6.82. The molecule has 1 aromatic rings. The first-order chi connectivity index (χ1) is 9.95. The van der Waals surface area contributed by atoms with Gasteiger partial charge in [0.25, 0.3) is 5.92 Å². The number of alkyl halides is 2. The van der Waals surface area contributed by atoms with Crippen molar-refractivity contribution in [2.24, 2.45) is 0 Å². The van der Waals surface area contributed by atoms with Crippen LogP contribution in [0.4, 0.5) is 8.78 Å². The number of rotatable bonds is 4. The van der Waals surface area contributed by atoms with Gasteiger partial charge in [-0.25, -0.2) is 8.78 Å². The molecule has 4 nitrogen and oxygen atoms in total. The number of halogens is 2. The Balaban J connectivity index is 2.21. The Bertz CT molecular complexity index is 520. The van der Waals surface area contributed by atoms with Crippen LogP contribution in [0.15, 0.2) is 18.2 Å². The summed E-state index contributed by atoms with van der Waals surface area (Å²) in [4.78, 5) is 13.2. The van der Waals surface area contributed by atoms with Crippen LogP contribution in [-0.2, 0) is 11.3 Å². The van der Waals surface area contributed by atoms with E-state index in [1.165, 1.54) is 19.1 Å². The largest absolute Gasteiger partial charge is 0.497 e. The number of nitrogens with zero attached hydrogens (tertiary/aromatic N) is 1. The molecule has 0 saturated carbocycles. The summed E-state index contributed by atoms with van der Waals surface area (Å²) in [7, 11) is 3.03. The quantitative estimate of drug-likeness (QED) is 0.858. The first kappa shape index (κ1) is 15.5. The third-order valence-electron chi connectivity index (χ3n) is 3.56. The van der Waals surface area contributed by atoms with Gasteiger partial charge >= 0.3 is 0 Å². The molecule has 1 heterocycles. The average Bonchev–Trinajstić information content (AvgIpc) is 2.58. The van der Waals surface area contributed by atoms with Crippen molar-refractivity contribution in [3.63, 3.8) is 0 Å². The molecule has 1 aromatic carbocycles. The Kier molecular flexibility index (Phi) is 4.65. The SMILES string of the molecule is COc1ccc(CN2CC(F)(F)CCCC2=O)c(OC)c1. The van der Waals surface area contributed by atoms with Gasteiger partial charge in [-0.2, -0.15) is 0 Å². The van der Waals surface area contributed by atoms with E-state index in [4.69, 9.17) is 9.47 Å². The molecule has 0 unspecified atom stereocenters. The van der Waals surface area contributed by atoms with Gasteiger partial charge in [-0.15, -0.1) is 0 Å². The Morgan fingerprint density at radius 1 is 1.29 bits per heavy atom. The van der Waals surface area contributed by atoms with E-state index >= 15 is 0 Å². The average molecular weight is 299 g/mol. The second-order valence-corrected chi connectivity index (χ2v) is 5.14. The van der Waals surface area contributed by atoms with Crippen molar-refractivity contribution < 1.29 is 23.0 Å². The maximum Gasteiger partial charge on any atom is 0.265 e. The highest BCUT2D eigenvalue weighted by molar-refractivity contribution is 5.76. The fourth-order valence-corrected chi connectivity index (χ4v) is 2.44. The number of carbonyl (C=O) groups is 1. The fourth-order valence-electron chi connectivity index (χ4n) is 2.44. The number of carbonyl (C=O) groups excluding carboxylic acids is 1. The molecule has 0 radical (unpaired) electrons. The number of amides is 1. The summed E-state index contributed by atoms with van der Waals surface area (Å²) in [6.45, 7) is -0.428. The number of hydrogen-bond acceptors (Lipinski definition) is 3. The van der Waals surface area contributed by atoms with E-state index in [-0.39, 0.29) is 31.7 Å². The fraction of sp³-hybridized carbons (Fsp3) is 0.533. The molecule has 0 aromatic heterocycles. The summed E-state index contributed by atoms with van der Waals surface area (Å²) in [5.74, 6) is -1.94. The molecule has 116 valence electrons. The lowest BCUT2D eigenvalue weighted by molar-refractivity contribution is -0.134. The van der Waals surface area contributed by atoms with Crippen LogP contribution < -0.4 is 9.47 Å². The summed E-state index contributed by atoms with van der Waals surface area (Å²) < 4.78 is 37.6. The third-order valence-corrected chi connectivity index (χ3v) is 3.56. The van der Waals surface area contributed by atoms with Crippen LogP contribution in [0.5, 0.6) is 11.5 Å². The minimum atomic E-state index is -2.83. The predicted molar refractivity (Wildman–Crippen MR) is 73.8 cm³/mol. The van der Waals surface area contributed by atoms with Crippen molar-refractivity contribution in [2.75, 3.05) is 20.8 Å². The van der Waals surface area contributed by atoms with Gasteiger partial charge in [-0.1, -0.05) is 0 Å². The van der Waals surface area contributed by atoms with Crippen molar-refractivity contribution in [1.82, 2.24) is 4.90 Å². The van der Waals surface area contributed by atoms with E-state index in [1.807, 2.05) is 0 Å². The lowest BCUT2D eigenvalue weighted by atomic mass is 10.1. The molecule has 1 saturated heterocycles. The van der Waals surface area contributed by atoms with Crippen LogP contribution in [0.1, 0.15) is 24.8 Å². The zero-order valence-electron chi connectivity index (χ0n) is 12.2. The van der Waals surface area contributed by atoms with Gasteiger partial charge in [0.05, 0.1) is 20.8 Å². The highest BCUT2D eigenvalue weighted by Gasteiger charge is 2.36. The molecular formula is C15H19F2NO3. The number of methoxy groups -OCH3 is 2. The molecule has 0 aliphatic carbocycles. The maximum absolute atomic E-state index is 13.6. The molecule has 0 atom stereocenters. The predicted octanol–water partition coefficient (Wildman–Crippen LogP) is 2.85. The van der Waals surface area contributed by atoms with E-state index in [0.717, 1.165) is 0 Å². The molecule has 6 heteroatoms. The lowest BCUT2D eigenvalue weighted by Crippen LogP contribution is -2.37. The zero-order valence-corrected chi connectivity index (χ0v) is 12.2. The number of likely N-dealkylation sites (tertiary alicyclic amines) is 1. The summed E-state index contributed by atoms with van der Waals surface area (Å²) in [5, 5.41) is 0. The second kappa shape index (κ2) is 6.28. The van der Waals surface area contributed by atoms with Gasteiger partial charge in [0.2, 0.25) is 5.91 Å². The van der Waals surface area contributed by atoms with Crippen molar-refractivity contribution in [2.45, 2.75) is 31.7 Å². The second-order valence-electron chi connectivity index (χ2n) is 5.14. The molecule has 1 aliphatic heterocycles. The van der Waals surface area contributed by atoms with Gasteiger partial charge in [0.15, 0.2) is 0 Å². The topological polar surface area (TPSA) is 38.8 Å². The van der Waals surface area contributed by atoms with E-state index in [9.17, 15) is 13.6 Å². The van der Waals surface area contributed by atoms with Gasteiger partial charge in [0, 0.05) is 31.0 Å². The Hall–Kier alpha value is -1.85. The van der Waals surface area contributed by atoms with Crippen LogP contribution in [-0.4, -0.2) is 37.5 Å². The zero-order chi connectivity index (χ0) is 15.5. The maximum atomic E-state index is 13.6. The van der Waals surface area contributed by atoms with Crippen LogP contribution in [0.25, 0.3) is 0 Å². The van der Waals surface area contributed by atoms with Gasteiger partial charge in [-0.05, 0) is 18.6 Å². The minimum absolute atomic E-state index is 0.113. The van der Waals surface area contributed by atoms with Crippen LogP contribution in [0, 0.1) is 0 Å². The third kappa shape index (κ3) is 3.83. The summed E-state index contributed by atoms with van der Waals surface area (Å²) in [5.41, 5.74) is 0.685. The molecule has 0 spiro atoms. The molecular weight excluding hydrogens is 280 g/mol. The van der Waals surface area contributed by atoms with Crippen molar-refractivity contribution in [3.8, 4) is 11.5 Å². The van der Waals surface area contributed by atoms with E-state index in [1.54, 1.807) is 18.2 Å². The van der Waals surface area contributed by atoms with Crippen LogP contribution in [0.2, 0.25) is 0 Å². The van der Waals surface area contributed by atoms with Crippen LogP contribution in [0.3, 0.4) is 0 Å². The molecule has 2 rings (SSSR count). The highest BCUT2D eigenvalue weighted by atomic mass is 19.3. The van der Waals surface area contributed by atoms with Gasteiger partial charge in [0.1, 0.15) is 11.5 Å². The molecule has 21 heavy (non-hydrogen) atoms. The molecule has 0 N–H and O–H groups in total.